The zero-order chi connectivity index (χ0) is 11.1. The summed E-state index contributed by atoms with van der Waals surface area (Å²) < 4.78 is 10.6. The van der Waals surface area contributed by atoms with Crippen LogP contribution < -0.4 is 5.43 Å². The van der Waals surface area contributed by atoms with Crippen LogP contribution in [-0.4, -0.2) is 6.29 Å². The second-order valence-electron chi connectivity index (χ2n) is 3.39. The Morgan fingerprint density at radius 1 is 1.12 bits per heavy atom. The van der Waals surface area contributed by atoms with Crippen LogP contribution in [0.4, 0.5) is 0 Å². The van der Waals surface area contributed by atoms with Gasteiger partial charge in [-0.25, -0.2) is 0 Å². The first-order chi connectivity index (χ1) is 7.81. The zero-order valence-electron chi connectivity index (χ0n) is 8.10. The van der Waals surface area contributed by atoms with Gasteiger partial charge in [-0.15, -0.1) is 0 Å². The van der Waals surface area contributed by atoms with E-state index in [0.717, 1.165) is 11.6 Å². The highest BCUT2D eigenvalue weighted by Crippen LogP contribution is 2.26. The summed E-state index contributed by atoms with van der Waals surface area (Å²) in [6.07, 6.45) is 1.61. The van der Waals surface area contributed by atoms with Gasteiger partial charge in [0.05, 0.1) is 5.39 Å². The fraction of sp³-hybridized carbons (Fsp3) is 0. The number of carbonyl (C=O) groups is 1. The van der Waals surface area contributed by atoms with Gasteiger partial charge in [0.15, 0.2) is 11.9 Å². The van der Waals surface area contributed by atoms with Crippen LogP contribution in [0.15, 0.2) is 44.2 Å². The van der Waals surface area contributed by atoms with Crippen molar-refractivity contribution in [1.29, 1.82) is 0 Å². The summed E-state index contributed by atoms with van der Waals surface area (Å²) in [6, 6.07) is 7.16. The standard InChI is InChI=1S/C12H6O4/c13-5-7-6-15-11-8-3-1-2-4-9(8)16-12(11)10(7)14/h1-6H. The zero-order valence-corrected chi connectivity index (χ0v) is 8.10. The van der Waals surface area contributed by atoms with Crippen LogP contribution in [-0.2, 0) is 0 Å². The lowest BCUT2D eigenvalue weighted by molar-refractivity contribution is 0.112. The van der Waals surface area contributed by atoms with E-state index >= 15 is 0 Å². The third-order valence-corrected chi connectivity index (χ3v) is 2.45. The first kappa shape index (κ1) is 8.91. The highest BCUT2D eigenvalue weighted by molar-refractivity contribution is 6.01. The van der Waals surface area contributed by atoms with E-state index in [9.17, 15) is 9.59 Å². The topological polar surface area (TPSA) is 60.4 Å². The number of hydrogen-bond acceptors (Lipinski definition) is 4. The summed E-state index contributed by atoms with van der Waals surface area (Å²) in [6.45, 7) is 0. The molecule has 2 heterocycles. The van der Waals surface area contributed by atoms with Crippen molar-refractivity contribution < 1.29 is 13.6 Å². The van der Waals surface area contributed by atoms with Crippen LogP contribution in [0.25, 0.3) is 22.1 Å². The molecule has 0 spiro atoms. The van der Waals surface area contributed by atoms with Gasteiger partial charge >= 0.3 is 0 Å². The highest BCUT2D eigenvalue weighted by atomic mass is 16.4. The van der Waals surface area contributed by atoms with Crippen molar-refractivity contribution in [3.8, 4) is 0 Å². The van der Waals surface area contributed by atoms with Crippen molar-refractivity contribution in [2.45, 2.75) is 0 Å². The van der Waals surface area contributed by atoms with Gasteiger partial charge in [0.2, 0.25) is 11.0 Å². The van der Waals surface area contributed by atoms with Crippen molar-refractivity contribution >= 4 is 28.4 Å². The minimum absolute atomic E-state index is 0.0356. The van der Waals surface area contributed by atoms with Gasteiger partial charge in [-0.3, -0.25) is 9.59 Å². The number of hydrogen-bond donors (Lipinski definition) is 0. The number of rotatable bonds is 1. The number of fused-ring (bicyclic) bond motifs is 3. The molecule has 2 aromatic heterocycles. The van der Waals surface area contributed by atoms with Gasteiger partial charge in [-0.2, -0.15) is 0 Å². The molecule has 0 N–H and O–H groups in total. The molecule has 0 aliphatic heterocycles. The Balaban J connectivity index is 2.60. The number of aldehydes is 1. The van der Waals surface area contributed by atoms with Gasteiger partial charge in [0.1, 0.15) is 17.4 Å². The van der Waals surface area contributed by atoms with E-state index in [1.54, 1.807) is 18.2 Å². The molecule has 0 bridgehead atoms. The molecule has 0 aliphatic rings. The van der Waals surface area contributed by atoms with Crippen molar-refractivity contribution in [3.63, 3.8) is 0 Å². The third-order valence-electron chi connectivity index (χ3n) is 2.45. The first-order valence-corrected chi connectivity index (χ1v) is 4.69. The summed E-state index contributed by atoms with van der Waals surface area (Å²) >= 11 is 0. The summed E-state index contributed by atoms with van der Waals surface area (Å²) in [7, 11) is 0. The number of carbonyl (C=O) groups excluding carboxylic acids is 1. The summed E-state index contributed by atoms with van der Waals surface area (Å²) in [5.74, 6) is 0. The van der Waals surface area contributed by atoms with Crippen molar-refractivity contribution in [2.75, 3.05) is 0 Å². The average molecular weight is 214 g/mol. The minimum atomic E-state index is -0.438. The molecule has 3 aromatic rings. The molecule has 16 heavy (non-hydrogen) atoms. The maximum absolute atomic E-state index is 11.7. The first-order valence-electron chi connectivity index (χ1n) is 4.69. The molecule has 0 fully saturated rings. The molecule has 1 aromatic carbocycles. The molecule has 0 radical (unpaired) electrons. The fourth-order valence-electron chi connectivity index (χ4n) is 1.68. The normalized spacial score (nSPS) is 11.0. The Morgan fingerprint density at radius 2 is 1.94 bits per heavy atom. The van der Waals surface area contributed by atoms with E-state index in [2.05, 4.69) is 0 Å². The Kier molecular flexibility index (Phi) is 1.71. The molecule has 4 heteroatoms. The fourth-order valence-corrected chi connectivity index (χ4v) is 1.68. The molecule has 0 aliphatic carbocycles. The molecule has 0 saturated heterocycles. The number of benzene rings is 1. The molecular formula is C12H6O4. The maximum Gasteiger partial charge on any atom is 0.238 e. The van der Waals surface area contributed by atoms with Crippen LogP contribution in [0.3, 0.4) is 0 Å². The van der Waals surface area contributed by atoms with Crippen molar-refractivity contribution in [3.05, 3.63) is 46.3 Å². The van der Waals surface area contributed by atoms with Crippen LogP contribution in [0.2, 0.25) is 0 Å². The van der Waals surface area contributed by atoms with Crippen molar-refractivity contribution in [2.24, 2.45) is 0 Å². The lowest BCUT2D eigenvalue weighted by atomic mass is 10.2. The van der Waals surface area contributed by atoms with E-state index in [1.165, 1.54) is 0 Å². The van der Waals surface area contributed by atoms with Crippen LogP contribution in [0.5, 0.6) is 0 Å². The summed E-state index contributed by atoms with van der Waals surface area (Å²) in [5, 5.41) is 0.729. The van der Waals surface area contributed by atoms with Crippen LogP contribution in [0, 0.1) is 0 Å². The monoisotopic (exact) mass is 214 g/mol. The Morgan fingerprint density at radius 3 is 2.75 bits per heavy atom. The van der Waals surface area contributed by atoms with E-state index in [-0.39, 0.29) is 11.1 Å². The van der Waals surface area contributed by atoms with Gasteiger partial charge in [0, 0.05) is 0 Å². The van der Waals surface area contributed by atoms with Crippen LogP contribution in [0.1, 0.15) is 10.4 Å². The largest absolute Gasteiger partial charge is 0.459 e. The summed E-state index contributed by atoms with van der Waals surface area (Å²) in [5.41, 5.74) is 0.567. The minimum Gasteiger partial charge on any atom is -0.459 e. The van der Waals surface area contributed by atoms with Gasteiger partial charge in [0.25, 0.3) is 0 Å². The predicted octanol–water partition coefficient (Wildman–Crippen LogP) is 2.35. The molecule has 78 valence electrons. The smallest absolute Gasteiger partial charge is 0.238 e. The quantitative estimate of drug-likeness (QED) is 0.583. The van der Waals surface area contributed by atoms with Crippen LogP contribution >= 0.6 is 0 Å². The average Bonchev–Trinajstić information content (AvgIpc) is 2.69. The van der Waals surface area contributed by atoms with Gasteiger partial charge in [-0.05, 0) is 12.1 Å². The molecule has 0 saturated carbocycles. The third kappa shape index (κ3) is 1.04. The molecule has 0 unspecified atom stereocenters. The Bertz CT molecular complexity index is 748. The molecular weight excluding hydrogens is 208 g/mol. The number of furan rings is 1. The SMILES string of the molecule is O=Cc1coc2c(oc3ccccc32)c1=O. The Hall–Kier alpha value is -2.36. The number of para-hydroxylation sites is 1. The predicted molar refractivity (Wildman–Crippen MR) is 57.6 cm³/mol. The maximum atomic E-state index is 11.7. The molecule has 3 rings (SSSR count). The molecule has 4 nitrogen and oxygen atoms in total. The molecule has 0 amide bonds. The lowest BCUT2D eigenvalue weighted by Crippen LogP contribution is -2.05. The second kappa shape index (κ2) is 3.06. The Labute approximate surface area is 89.1 Å². The van der Waals surface area contributed by atoms with E-state index in [0.29, 0.717) is 17.5 Å². The van der Waals surface area contributed by atoms with Crippen molar-refractivity contribution in [1.82, 2.24) is 0 Å². The van der Waals surface area contributed by atoms with E-state index in [4.69, 9.17) is 8.83 Å². The van der Waals surface area contributed by atoms with E-state index in [1.807, 2.05) is 6.07 Å². The lowest BCUT2D eigenvalue weighted by Gasteiger charge is -1.89. The van der Waals surface area contributed by atoms with E-state index < -0.39 is 5.43 Å². The second-order valence-corrected chi connectivity index (χ2v) is 3.39. The summed E-state index contributed by atoms with van der Waals surface area (Å²) in [4.78, 5) is 22.3. The molecule has 0 atom stereocenters. The van der Waals surface area contributed by atoms with Gasteiger partial charge in [-0.1, -0.05) is 12.1 Å². The highest BCUT2D eigenvalue weighted by Gasteiger charge is 2.13. The van der Waals surface area contributed by atoms with Gasteiger partial charge < -0.3 is 8.83 Å².